The molecule has 5 rings (SSSR count). The van der Waals surface area contributed by atoms with E-state index in [-0.39, 0.29) is 35.6 Å². The van der Waals surface area contributed by atoms with Crippen molar-refractivity contribution in [2.24, 2.45) is 0 Å². The van der Waals surface area contributed by atoms with Crippen LogP contribution in [0.1, 0.15) is 58.3 Å². The zero-order valence-electron chi connectivity index (χ0n) is 18.2. The third kappa shape index (κ3) is 4.09. The Bertz CT molecular complexity index is 1210. The number of hydrogen-bond donors (Lipinski definition) is 1. The number of aromatic nitrogens is 2. The van der Waals surface area contributed by atoms with Crippen LogP contribution in [0.4, 0.5) is 13.2 Å². The number of carbonyl (C=O) groups excluding carboxylic acids is 1. The van der Waals surface area contributed by atoms with E-state index in [1.54, 1.807) is 47.4 Å². The standard InChI is InChI=1S/C25H23ClF3N3O2/c26-23-19-14-31(20-4-1-2-5-21(20)33)24(34)18(19)13-16(22(23)25(27,28)29)12-15-6-8-17(9-7-15)32-11-3-10-30-32/h3,6-11,13,20-21,33H,1-2,4-5,12,14H2. The number of rotatable bonds is 4. The summed E-state index contributed by atoms with van der Waals surface area (Å²) in [4.78, 5) is 14.7. The first-order valence-electron chi connectivity index (χ1n) is 11.2. The minimum atomic E-state index is -4.67. The van der Waals surface area contributed by atoms with Crippen LogP contribution in [0.3, 0.4) is 0 Å². The lowest BCUT2D eigenvalue weighted by atomic mass is 9.91. The number of fused-ring (bicyclic) bond motifs is 1. The number of halogens is 4. The molecular formula is C25H23ClF3N3O2. The molecule has 2 aliphatic rings. The molecule has 2 atom stereocenters. The second kappa shape index (κ2) is 8.74. The number of alkyl halides is 3. The van der Waals surface area contributed by atoms with Crippen molar-refractivity contribution in [1.82, 2.24) is 14.7 Å². The number of nitrogens with zero attached hydrogens (tertiary/aromatic N) is 3. The molecule has 0 radical (unpaired) electrons. The lowest BCUT2D eigenvalue weighted by molar-refractivity contribution is -0.138. The van der Waals surface area contributed by atoms with E-state index in [0.717, 1.165) is 18.5 Å². The van der Waals surface area contributed by atoms with Gasteiger partial charge in [-0.1, -0.05) is 36.6 Å². The topological polar surface area (TPSA) is 58.4 Å². The first kappa shape index (κ1) is 22.9. The summed E-state index contributed by atoms with van der Waals surface area (Å²) in [6, 6.07) is 9.75. The van der Waals surface area contributed by atoms with Crippen molar-refractivity contribution in [3.8, 4) is 5.69 Å². The van der Waals surface area contributed by atoms with Gasteiger partial charge in [0.05, 0.1) is 28.4 Å². The molecular weight excluding hydrogens is 467 g/mol. The lowest BCUT2D eigenvalue weighted by Crippen LogP contribution is -2.45. The van der Waals surface area contributed by atoms with Gasteiger partial charge in [-0.05, 0) is 54.7 Å². The molecule has 178 valence electrons. The molecule has 0 spiro atoms. The van der Waals surface area contributed by atoms with Crippen molar-refractivity contribution >= 4 is 17.5 Å². The second-order valence-corrected chi connectivity index (χ2v) is 9.27. The Labute approximate surface area is 199 Å². The van der Waals surface area contributed by atoms with Gasteiger partial charge in [-0.25, -0.2) is 4.68 Å². The Morgan fingerprint density at radius 3 is 2.53 bits per heavy atom. The monoisotopic (exact) mass is 489 g/mol. The summed E-state index contributed by atoms with van der Waals surface area (Å²) < 4.78 is 44.0. The van der Waals surface area contributed by atoms with E-state index in [1.807, 2.05) is 0 Å². The van der Waals surface area contributed by atoms with Crippen molar-refractivity contribution in [2.45, 2.75) is 57.0 Å². The summed E-state index contributed by atoms with van der Waals surface area (Å²) >= 11 is 6.34. The van der Waals surface area contributed by atoms with Gasteiger partial charge in [0.1, 0.15) is 0 Å². The average molecular weight is 490 g/mol. The molecule has 1 amide bonds. The van der Waals surface area contributed by atoms with E-state index in [9.17, 15) is 23.1 Å². The van der Waals surface area contributed by atoms with Crippen LogP contribution in [-0.2, 0) is 19.1 Å². The van der Waals surface area contributed by atoms with Crippen LogP contribution in [-0.4, -0.2) is 37.8 Å². The first-order valence-corrected chi connectivity index (χ1v) is 11.6. The molecule has 0 bridgehead atoms. The van der Waals surface area contributed by atoms with Crippen LogP contribution < -0.4 is 0 Å². The Balaban J connectivity index is 1.50. The first-order chi connectivity index (χ1) is 16.2. The molecule has 1 fully saturated rings. The maximum absolute atomic E-state index is 14.1. The van der Waals surface area contributed by atoms with Crippen molar-refractivity contribution < 1.29 is 23.1 Å². The molecule has 9 heteroatoms. The van der Waals surface area contributed by atoms with Crippen molar-refractivity contribution in [3.63, 3.8) is 0 Å². The predicted octanol–water partition coefficient (Wildman–Crippen LogP) is 5.39. The van der Waals surface area contributed by atoms with Crippen LogP contribution in [0.15, 0.2) is 48.8 Å². The fraction of sp³-hybridized carbons (Fsp3) is 0.360. The molecule has 1 N–H and O–H groups in total. The van der Waals surface area contributed by atoms with Gasteiger partial charge in [-0.15, -0.1) is 0 Å². The molecule has 1 saturated carbocycles. The summed E-state index contributed by atoms with van der Waals surface area (Å²) in [6.45, 7) is -0.0172. The van der Waals surface area contributed by atoms with Crippen LogP contribution in [0.25, 0.3) is 5.69 Å². The number of benzene rings is 2. The normalized spacial score (nSPS) is 20.6. The molecule has 0 saturated heterocycles. The van der Waals surface area contributed by atoms with Crippen LogP contribution in [0, 0.1) is 0 Å². The molecule has 1 aliphatic heterocycles. The summed E-state index contributed by atoms with van der Waals surface area (Å²) in [5.74, 6) is -0.369. The fourth-order valence-corrected chi connectivity index (χ4v) is 5.45. The maximum Gasteiger partial charge on any atom is 0.418 e. The minimum absolute atomic E-state index is 0.0172. The molecule has 2 unspecified atom stereocenters. The van der Waals surface area contributed by atoms with E-state index in [4.69, 9.17) is 11.6 Å². The van der Waals surface area contributed by atoms with Gasteiger partial charge >= 0.3 is 6.18 Å². The molecule has 2 heterocycles. The highest BCUT2D eigenvalue weighted by molar-refractivity contribution is 6.33. The van der Waals surface area contributed by atoms with Gasteiger partial charge in [-0.2, -0.15) is 18.3 Å². The summed E-state index contributed by atoms with van der Waals surface area (Å²) in [5, 5.41) is 14.1. The minimum Gasteiger partial charge on any atom is -0.391 e. The molecule has 2 aromatic carbocycles. The zero-order valence-corrected chi connectivity index (χ0v) is 19.0. The van der Waals surface area contributed by atoms with Gasteiger partial charge in [-0.3, -0.25) is 4.79 Å². The van der Waals surface area contributed by atoms with Gasteiger partial charge in [0, 0.05) is 30.1 Å². The Kier molecular flexibility index (Phi) is 5.90. The van der Waals surface area contributed by atoms with Gasteiger partial charge in [0.25, 0.3) is 5.91 Å². The van der Waals surface area contributed by atoms with Gasteiger partial charge < -0.3 is 10.0 Å². The van der Waals surface area contributed by atoms with Gasteiger partial charge in [0.2, 0.25) is 0 Å². The highest BCUT2D eigenvalue weighted by Crippen LogP contribution is 2.44. The number of aliphatic hydroxyl groups is 1. The van der Waals surface area contributed by atoms with E-state index >= 15 is 0 Å². The van der Waals surface area contributed by atoms with Crippen molar-refractivity contribution in [1.29, 1.82) is 0 Å². The third-order valence-corrected chi connectivity index (χ3v) is 7.16. The third-order valence-electron chi connectivity index (χ3n) is 6.75. The molecule has 34 heavy (non-hydrogen) atoms. The zero-order chi connectivity index (χ0) is 24.0. The SMILES string of the molecule is O=C1c2cc(Cc3ccc(-n4cccn4)cc3)c(C(F)(F)F)c(Cl)c2CN1C1CCCCC1O. The van der Waals surface area contributed by atoms with Crippen LogP contribution >= 0.6 is 11.6 Å². The lowest BCUT2D eigenvalue weighted by Gasteiger charge is -2.35. The number of amides is 1. The van der Waals surface area contributed by atoms with E-state index in [0.29, 0.717) is 18.4 Å². The van der Waals surface area contributed by atoms with Gasteiger partial charge in [0.15, 0.2) is 0 Å². The summed E-state index contributed by atoms with van der Waals surface area (Å²) in [7, 11) is 0. The number of aliphatic hydroxyl groups excluding tert-OH is 1. The van der Waals surface area contributed by atoms with E-state index in [2.05, 4.69) is 5.10 Å². The van der Waals surface area contributed by atoms with Crippen LogP contribution in [0.5, 0.6) is 0 Å². The highest BCUT2D eigenvalue weighted by Gasteiger charge is 2.43. The summed E-state index contributed by atoms with van der Waals surface area (Å²) in [6.07, 6.45) is 0.975. The largest absolute Gasteiger partial charge is 0.418 e. The smallest absolute Gasteiger partial charge is 0.391 e. The quantitative estimate of drug-likeness (QED) is 0.534. The fourth-order valence-electron chi connectivity index (χ4n) is 5.06. The molecule has 1 aromatic heterocycles. The predicted molar refractivity (Wildman–Crippen MR) is 121 cm³/mol. The Hall–Kier alpha value is -2.84. The molecule has 1 aliphatic carbocycles. The number of carbonyl (C=O) groups is 1. The Morgan fingerprint density at radius 1 is 1.15 bits per heavy atom. The van der Waals surface area contributed by atoms with Crippen molar-refractivity contribution in [2.75, 3.05) is 0 Å². The average Bonchev–Trinajstić information content (AvgIpc) is 3.43. The van der Waals surface area contributed by atoms with Crippen molar-refractivity contribution in [3.05, 3.63) is 81.6 Å². The maximum atomic E-state index is 14.1. The summed E-state index contributed by atoms with van der Waals surface area (Å²) in [5.41, 5.74) is 0.884. The number of hydrogen-bond acceptors (Lipinski definition) is 3. The van der Waals surface area contributed by atoms with E-state index < -0.39 is 28.9 Å². The second-order valence-electron chi connectivity index (χ2n) is 8.89. The highest BCUT2D eigenvalue weighted by atomic mass is 35.5. The van der Waals surface area contributed by atoms with Crippen LogP contribution in [0.2, 0.25) is 5.02 Å². The Morgan fingerprint density at radius 2 is 1.88 bits per heavy atom. The molecule has 5 nitrogen and oxygen atoms in total. The molecule has 3 aromatic rings. The van der Waals surface area contributed by atoms with E-state index in [1.165, 1.54) is 11.0 Å².